The van der Waals surface area contributed by atoms with Gasteiger partial charge in [-0.1, -0.05) is 6.92 Å². The normalized spacial score (nSPS) is 16.2. The highest BCUT2D eigenvalue weighted by molar-refractivity contribution is 5.94. The number of carbonyl (C=O) groups is 1. The van der Waals surface area contributed by atoms with Gasteiger partial charge in [0, 0.05) is 37.8 Å². The molecule has 20 heavy (non-hydrogen) atoms. The minimum Gasteiger partial charge on any atom is -0.336 e. The zero-order valence-electron chi connectivity index (χ0n) is 11.2. The fourth-order valence-corrected chi connectivity index (χ4v) is 2.24. The van der Waals surface area contributed by atoms with Crippen LogP contribution < -0.4 is 0 Å². The molecule has 2 rings (SSSR count). The van der Waals surface area contributed by atoms with E-state index in [1.54, 1.807) is 4.90 Å². The molecule has 0 radical (unpaired) electrons. The van der Waals surface area contributed by atoms with Gasteiger partial charge < -0.3 is 9.80 Å². The molecule has 0 aromatic heterocycles. The molecule has 1 aromatic rings. The summed E-state index contributed by atoms with van der Waals surface area (Å²) in [4.78, 5) is 25.8. The molecule has 6 nitrogen and oxygen atoms in total. The number of piperazine rings is 1. The molecule has 0 spiro atoms. The highest BCUT2D eigenvalue weighted by atomic mass is 19.1. The summed E-state index contributed by atoms with van der Waals surface area (Å²) in [6.45, 7) is 5.75. The number of rotatable bonds is 3. The van der Waals surface area contributed by atoms with Crippen LogP contribution >= 0.6 is 0 Å². The quantitative estimate of drug-likeness (QED) is 0.622. The average Bonchev–Trinajstić information content (AvgIpc) is 2.46. The number of likely N-dealkylation sites (N-methyl/N-ethyl adjacent to an activating group) is 1. The summed E-state index contributed by atoms with van der Waals surface area (Å²) in [5.74, 6) is -1.26. The number of nitrogens with zero attached hydrogens (tertiary/aromatic N) is 3. The number of amides is 1. The fraction of sp³-hybridized carbons (Fsp3) is 0.462. The Morgan fingerprint density at radius 2 is 2.00 bits per heavy atom. The van der Waals surface area contributed by atoms with Gasteiger partial charge in [-0.05, 0) is 18.7 Å². The molecule has 1 aromatic carbocycles. The molecule has 0 unspecified atom stereocenters. The van der Waals surface area contributed by atoms with Crippen LogP contribution in [0.2, 0.25) is 0 Å². The molecule has 0 bridgehead atoms. The van der Waals surface area contributed by atoms with E-state index in [0.717, 1.165) is 31.8 Å². The van der Waals surface area contributed by atoms with Crippen molar-refractivity contribution in [2.45, 2.75) is 6.92 Å². The lowest BCUT2D eigenvalue weighted by molar-refractivity contribution is -0.387. The van der Waals surface area contributed by atoms with Crippen LogP contribution in [0.4, 0.5) is 10.1 Å². The van der Waals surface area contributed by atoms with E-state index >= 15 is 0 Å². The Balaban J connectivity index is 2.10. The van der Waals surface area contributed by atoms with Crippen LogP contribution in [0.1, 0.15) is 17.3 Å². The van der Waals surface area contributed by atoms with Crippen molar-refractivity contribution in [1.29, 1.82) is 0 Å². The van der Waals surface area contributed by atoms with Crippen LogP contribution in [0.15, 0.2) is 18.2 Å². The molecule has 0 N–H and O–H groups in total. The van der Waals surface area contributed by atoms with Crippen molar-refractivity contribution in [2.75, 3.05) is 32.7 Å². The third-order valence-corrected chi connectivity index (χ3v) is 3.50. The van der Waals surface area contributed by atoms with Crippen molar-refractivity contribution in [2.24, 2.45) is 0 Å². The van der Waals surface area contributed by atoms with E-state index < -0.39 is 16.4 Å². The minimum atomic E-state index is -0.979. The smallest absolute Gasteiger partial charge is 0.304 e. The van der Waals surface area contributed by atoms with E-state index in [0.29, 0.717) is 13.1 Å². The lowest BCUT2D eigenvalue weighted by atomic mass is 10.1. The molecular weight excluding hydrogens is 265 g/mol. The van der Waals surface area contributed by atoms with Gasteiger partial charge in [0.05, 0.1) is 4.92 Å². The first-order chi connectivity index (χ1) is 9.52. The van der Waals surface area contributed by atoms with Gasteiger partial charge in [0.15, 0.2) is 0 Å². The number of hydrogen-bond acceptors (Lipinski definition) is 4. The number of nitro groups is 1. The van der Waals surface area contributed by atoms with Crippen molar-refractivity contribution < 1.29 is 14.1 Å². The van der Waals surface area contributed by atoms with E-state index in [4.69, 9.17) is 0 Å². The Morgan fingerprint density at radius 3 is 2.50 bits per heavy atom. The molecule has 1 fully saturated rings. The Labute approximate surface area is 115 Å². The van der Waals surface area contributed by atoms with Crippen molar-refractivity contribution in [3.8, 4) is 0 Å². The first-order valence-corrected chi connectivity index (χ1v) is 6.48. The zero-order valence-corrected chi connectivity index (χ0v) is 11.2. The van der Waals surface area contributed by atoms with Gasteiger partial charge in [-0.3, -0.25) is 14.9 Å². The van der Waals surface area contributed by atoms with Crippen LogP contribution in [0.3, 0.4) is 0 Å². The van der Waals surface area contributed by atoms with Crippen molar-refractivity contribution in [1.82, 2.24) is 9.80 Å². The largest absolute Gasteiger partial charge is 0.336 e. The number of benzene rings is 1. The van der Waals surface area contributed by atoms with Gasteiger partial charge in [0.2, 0.25) is 5.82 Å². The van der Waals surface area contributed by atoms with Crippen LogP contribution in [0, 0.1) is 15.9 Å². The van der Waals surface area contributed by atoms with Crippen molar-refractivity contribution in [3.05, 3.63) is 39.7 Å². The molecule has 1 aliphatic heterocycles. The average molecular weight is 281 g/mol. The predicted octanol–water partition coefficient (Wildman–Crippen LogP) is 1.51. The summed E-state index contributed by atoms with van der Waals surface area (Å²) in [5, 5.41) is 10.5. The number of carbonyl (C=O) groups excluding carboxylic acids is 1. The maximum Gasteiger partial charge on any atom is 0.304 e. The van der Waals surface area contributed by atoms with Gasteiger partial charge >= 0.3 is 5.69 Å². The van der Waals surface area contributed by atoms with Crippen LogP contribution in [-0.2, 0) is 0 Å². The second-order valence-electron chi connectivity index (χ2n) is 4.65. The number of nitro benzene ring substituents is 1. The molecule has 0 saturated carbocycles. The summed E-state index contributed by atoms with van der Waals surface area (Å²) >= 11 is 0. The second-order valence-corrected chi connectivity index (χ2v) is 4.65. The highest BCUT2D eigenvalue weighted by Crippen LogP contribution is 2.19. The summed E-state index contributed by atoms with van der Waals surface area (Å²) in [7, 11) is 0. The zero-order chi connectivity index (χ0) is 14.7. The maximum absolute atomic E-state index is 13.5. The summed E-state index contributed by atoms with van der Waals surface area (Å²) < 4.78 is 13.5. The van der Waals surface area contributed by atoms with E-state index in [1.807, 2.05) is 0 Å². The Kier molecular flexibility index (Phi) is 4.29. The Morgan fingerprint density at radius 1 is 1.35 bits per heavy atom. The molecule has 1 amide bonds. The predicted molar refractivity (Wildman–Crippen MR) is 71.1 cm³/mol. The van der Waals surface area contributed by atoms with Gasteiger partial charge in [-0.15, -0.1) is 0 Å². The maximum atomic E-state index is 13.5. The summed E-state index contributed by atoms with van der Waals surface area (Å²) in [5.41, 5.74) is -0.463. The monoisotopic (exact) mass is 281 g/mol. The van der Waals surface area contributed by atoms with Gasteiger partial charge in [-0.25, -0.2) is 0 Å². The summed E-state index contributed by atoms with van der Waals surface area (Å²) in [6, 6.07) is 3.27. The van der Waals surface area contributed by atoms with E-state index in [2.05, 4.69) is 11.8 Å². The van der Waals surface area contributed by atoms with Gasteiger partial charge in [0.1, 0.15) is 0 Å². The first kappa shape index (κ1) is 14.4. The van der Waals surface area contributed by atoms with Crippen LogP contribution in [0.25, 0.3) is 0 Å². The SMILES string of the molecule is CCN1CCN(C(=O)c2ccc([N+](=O)[O-])c(F)c2)CC1. The van der Waals surface area contributed by atoms with E-state index in [9.17, 15) is 19.3 Å². The summed E-state index contributed by atoms with van der Waals surface area (Å²) in [6.07, 6.45) is 0. The lowest BCUT2D eigenvalue weighted by Gasteiger charge is -2.34. The molecule has 1 saturated heterocycles. The molecule has 108 valence electrons. The van der Waals surface area contributed by atoms with Crippen molar-refractivity contribution in [3.63, 3.8) is 0 Å². The Bertz CT molecular complexity index is 528. The van der Waals surface area contributed by atoms with E-state index in [-0.39, 0.29) is 11.5 Å². The highest BCUT2D eigenvalue weighted by Gasteiger charge is 2.23. The van der Waals surface area contributed by atoms with Gasteiger partial charge in [0.25, 0.3) is 5.91 Å². The molecular formula is C13H16FN3O3. The molecule has 7 heteroatoms. The topological polar surface area (TPSA) is 66.7 Å². The second kappa shape index (κ2) is 5.96. The molecule has 0 aliphatic carbocycles. The Hall–Kier alpha value is -2.02. The molecule has 1 aliphatic rings. The molecule has 1 heterocycles. The number of halogens is 1. The molecule has 0 atom stereocenters. The third-order valence-electron chi connectivity index (χ3n) is 3.50. The fourth-order valence-electron chi connectivity index (χ4n) is 2.24. The van der Waals surface area contributed by atoms with Crippen molar-refractivity contribution >= 4 is 11.6 Å². The number of hydrogen-bond donors (Lipinski definition) is 0. The van der Waals surface area contributed by atoms with Gasteiger partial charge in [-0.2, -0.15) is 4.39 Å². The van der Waals surface area contributed by atoms with E-state index in [1.165, 1.54) is 6.07 Å². The first-order valence-electron chi connectivity index (χ1n) is 6.48. The van der Waals surface area contributed by atoms with Crippen LogP contribution in [0.5, 0.6) is 0 Å². The minimum absolute atomic E-state index is 0.151. The standard InChI is InChI=1S/C13H16FN3O3/c1-2-15-5-7-16(8-6-15)13(18)10-3-4-12(17(19)20)11(14)9-10/h3-4,9H,2,5-8H2,1H3. The van der Waals surface area contributed by atoms with Crippen LogP contribution in [-0.4, -0.2) is 53.4 Å². The lowest BCUT2D eigenvalue weighted by Crippen LogP contribution is -2.48. The third kappa shape index (κ3) is 2.93.